The Morgan fingerprint density at radius 3 is 2.11 bits per heavy atom. The van der Waals surface area contributed by atoms with Gasteiger partial charge in [-0.1, -0.05) is 54.6 Å². The van der Waals surface area contributed by atoms with Gasteiger partial charge in [0.2, 0.25) is 0 Å². The Kier molecular flexibility index (Phi) is 3.08. The zero-order valence-corrected chi connectivity index (χ0v) is 18.8. The van der Waals surface area contributed by atoms with Crippen molar-refractivity contribution in [2.75, 3.05) is 4.90 Å². The van der Waals surface area contributed by atoms with E-state index in [1.54, 1.807) is 4.90 Å². The second-order valence-electron chi connectivity index (χ2n) is 9.69. The van der Waals surface area contributed by atoms with Crippen molar-refractivity contribution in [2.24, 2.45) is 9.98 Å². The van der Waals surface area contributed by atoms with E-state index in [4.69, 9.17) is 9.98 Å². The van der Waals surface area contributed by atoms with Crippen molar-refractivity contribution < 1.29 is 9.59 Å². The molecular formula is C31H15N3O2. The molecule has 0 saturated carbocycles. The van der Waals surface area contributed by atoms with E-state index in [-0.39, 0.29) is 11.7 Å². The van der Waals surface area contributed by atoms with Crippen LogP contribution in [-0.4, -0.2) is 23.2 Å². The Morgan fingerprint density at radius 2 is 1.31 bits per heavy atom. The molecule has 0 saturated heterocycles. The maximum Gasteiger partial charge on any atom is 0.264 e. The van der Waals surface area contributed by atoms with Crippen LogP contribution in [0.4, 0.5) is 17.1 Å². The van der Waals surface area contributed by atoms with E-state index < -0.39 is 5.92 Å². The van der Waals surface area contributed by atoms with Crippen molar-refractivity contribution in [1.82, 2.24) is 0 Å². The van der Waals surface area contributed by atoms with Crippen LogP contribution in [0.15, 0.2) is 94.9 Å². The number of hydrogen-bond donors (Lipinski definition) is 0. The highest BCUT2D eigenvalue weighted by molar-refractivity contribution is 6.42. The smallest absolute Gasteiger partial charge is 0.264 e. The Labute approximate surface area is 205 Å². The van der Waals surface area contributed by atoms with Crippen LogP contribution in [-0.2, 0) is 0 Å². The predicted molar refractivity (Wildman–Crippen MR) is 141 cm³/mol. The van der Waals surface area contributed by atoms with Crippen molar-refractivity contribution in [3.63, 3.8) is 0 Å². The summed E-state index contributed by atoms with van der Waals surface area (Å²) in [6.45, 7) is 0. The van der Waals surface area contributed by atoms with Gasteiger partial charge < -0.3 is 0 Å². The van der Waals surface area contributed by atoms with E-state index in [1.165, 1.54) is 0 Å². The summed E-state index contributed by atoms with van der Waals surface area (Å²) in [7, 11) is 0. The summed E-state index contributed by atoms with van der Waals surface area (Å²) >= 11 is 0. The summed E-state index contributed by atoms with van der Waals surface area (Å²) in [6, 6.07) is 27.8. The SMILES string of the molecule is O=C1c2cc3c(cc2C2=Nc4cccc5cccc(c45)C12)C(=O)N1C3=Nc2cccc3cccc1c23. The molecule has 9 rings (SSSR count). The fourth-order valence-electron chi connectivity index (χ4n) is 6.41. The van der Waals surface area contributed by atoms with Crippen molar-refractivity contribution in [1.29, 1.82) is 0 Å². The van der Waals surface area contributed by atoms with Gasteiger partial charge in [0, 0.05) is 27.5 Å². The molecule has 5 aromatic rings. The van der Waals surface area contributed by atoms with Crippen molar-refractivity contribution >= 4 is 61.8 Å². The molecule has 1 aliphatic carbocycles. The van der Waals surface area contributed by atoms with Gasteiger partial charge in [-0.15, -0.1) is 0 Å². The Balaban J connectivity index is 1.29. The Hall–Kier alpha value is -4.90. The first-order valence-electron chi connectivity index (χ1n) is 12.0. The van der Waals surface area contributed by atoms with Gasteiger partial charge in [-0.3, -0.25) is 19.5 Å². The van der Waals surface area contributed by atoms with Crippen molar-refractivity contribution in [3.8, 4) is 0 Å². The van der Waals surface area contributed by atoms with Gasteiger partial charge in [0.05, 0.1) is 34.3 Å². The third-order valence-electron chi connectivity index (χ3n) is 7.92. The molecule has 3 aliphatic heterocycles. The molecule has 5 heteroatoms. The molecule has 0 aromatic heterocycles. The predicted octanol–water partition coefficient (Wildman–Crippen LogP) is 6.46. The van der Waals surface area contributed by atoms with Gasteiger partial charge in [-0.05, 0) is 46.7 Å². The molecule has 0 fully saturated rings. The van der Waals surface area contributed by atoms with E-state index in [9.17, 15) is 9.59 Å². The van der Waals surface area contributed by atoms with Crippen LogP contribution in [0.5, 0.6) is 0 Å². The number of amidine groups is 1. The highest BCUT2D eigenvalue weighted by Crippen LogP contribution is 2.48. The molecule has 4 aliphatic rings. The second-order valence-corrected chi connectivity index (χ2v) is 9.69. The molecule has 5 aromatic carbocycles. The van der Waals surface area contributed by atoms with Crippen LogP contribution < -0.4 is 4.90 Å². The lowest BCUT2D eigenvalue weighted by molar-refractivity contribution is 0.0984. The highest BCUT2D eigenvalue weighted by atomic mass is 16.2. The number of fused-ring (bicyclic) bond motifs is 8. The summed E-state index contributed by atoms with van der Waals surface area (Å²) in [5, 5.41) is 4.12. The molecule has 3 heterocycles. The quantitative estimate of drug-likeness (QED) is 0.266. The number of hydrogen-bond acceptors (Lipinski definition) is 4. The Bertz CT molecular complexity index is 1840. The maximum atomic E-state index is 13.9. The monoisotopic (exact) mass is 461 g/mol. The first-order valence-corrected chi connectivity index (χ1v) is 12.0. The first kappa shape index (κ1) is 18.4. The van der Waals surface area contributed by atoms with Crippen LogP contribution in [0.2, 0.25) is 0 Å². The number of benzene rings is 5. The standard InChI is InChI=1S/C31H15N3O2/c35-29-19-14-20-21(31(36)34-24-12-4-8-16-7-3-11-23(26(16)24)33-30(20)34)13-18(19)28-27(29)17-9-1-5-15-6-2-10-22(32-28)25(15)17/h1-14,27H. The average Bonchev–Trinajstić information content (AvgIpc) is 3.34. The van der Waals surface area contributed by atoms with E-state index in [0.29, 0.717) is 22.5 Å². The molecule has 0 spiro atoms. The van der Waals surface area contributed by atoms with Gasteiger partial charge in [-0.2, -0.15) is 0 Å². The number of aliphatic imine (C=N–C) groups is 2. The summed E-state index contributed by atoms with van der Waals surface area (Å²) in [5.41, 5.74) is 6.87. The third-order valence-corrected chi connectivity index (χ3v) is 7.92. The fourth-order valence-corrected chi connectivity index (χ4v) is 6.41. The van der Waals surface area contributed by atoms with Crippen molar-refractivity contribution in [2.45, 2.75) is 5.92 Å². The van der Waals surface area contributed by atoms with E-state index in [2.05, 4.69) is 12.1 Å². The van der Waals surface area contributed by atoms with E-state index in [1.807, 2.05) is 72.8 Å². The minimum absolute atomic E-state index is 0.0263. The minimum Gasteiger partial charge on any atom is -0.293 e. The largest absolute Gasteiger partial charge is 0.293 e. The maximum absolute atomic E-state index is 13.9. The lowest BCUT2D eigenvalue weighted by Crippen LogP contribution is -2.31. The van der Waals surface area contributed by atoms with Crippen LogP contribution in [0.3, 0.4) is 0 Å². The molecule has 1 amide bonds. The molecule has 1 unspecified atom stereocenters. The van der Waals surface area contributed by atoms with Gasteiger partial charge >= 0.3 is 0 Å². The van der Waals surface area contributed by atoms with Crippen LogP contribution in [0.1, 0.15) is 43.3 Å². The van der Waals surface area contributed by atoms with E-state index in [0.717, 1.165) is 55.4 Å². The van der Waals surface area contributed by atoms with Crippen LogP contribution >= 0.6 is 0 Å². The average molecular weight is 461 g/mol. The molecule has 36 heavy (non-hydrogen) atoms. The van der Waals surface area contributed by atoms with Crippen LogP contribution in [0.25, 0.3) is 21.5 Å². The third kappa shape index (κ3) is 2.00. The molecule has 166 valence electrons. The summed E-state index contributed by atoms with van der Waals surface area (Å²) < 4.78 is 0. The number of Topliss-reactive ketones (excluding diaryl/α,β-unsaturated/α-hetero) is 1. The van der Waals surface area contributed by atoms with Gasteiger partial charge in [-0.25, -0.2) is 4.99 Å². The van der Waals surface area contributed by atoms with Gasteiger partial charge in [0.25, 0.3) is 5.91 Å². The van der Waals surface area contributed by atoms with E-state index >= 15 is 0 Å². The first-order chi connectivity index (χ1) is 17.7. The van der Waals surface area contributed by atoms with Crippen molar-refractivity contribution in [3.05, 3.63) is 113 Å². The highest BCUT2D eigenvalue weighted by Gasteiger charge is 2.45. The van der Waals surface area contributed by atoms with Gasteiger partial charge in [0.1, 0.15) is 5.84 Å². The molecular weight excluding hydrogens is 446 g/mol. The van der Waals surface area contributed by atoms with Gasteiger partial charge in [0.15, 0.2) is 5.78 Å². The number of amides is 1. The zero-order chi connectivity index (χ0) is 23.7. The number of carbonyl (C=O) groups is 2. The molecule has 0 radical (unpaired) electrons. The molecule has 1 atom stereocenters. The number of rotatable bonds is 0. The second kappa shape index (κ2) is 6.01. The minimum atomic E-state index is -0.449. The fraction of sp³-hybridized carbons (Fsp3) is 0.0323. The number of anilines is 1. The number of nitrogens with zero attached hydrogens (tertiary/aromatic N) is 3. The normalized spacial score (nSPS) is 18.1. The lowest BCUT2D eigenvalue weighted by atomic mass is 9.86. The summed E-state index contributed by atoms with van der Waals surface area (Å²) in [5.74, 6) is 0.0378. The molecule has 5 nitrogen and oxygen atoms in total. The Morgan fingerprint density at radius 1 is 0.639 bits per heavy atom. The topological polar surface area (TPSA) is 62.1 Å². The summed E-state index contributed by atoms with van der Waals surface area (Å²) in [6.07, 6.45) is 0. The summed E-state index contributed by atoms with van der Waals surface area (Å²) in [4.78, 5) is 39.2. The molecule has 0 N–H and O–H groups in total. The van der Waals surface area contributed by atoms with Crippen LogP contribution in [0, 0.1) is 0 Å². The lowest BCUT2D eigenvalue weighted by Gasteiger charge is -2.24. The number of carbonyl (C=O) groups excluding carboxylic acids is 2. The zero-order valence-electron chi connectivity index (χ0n) is 18.8. The molecule has 0 bridgehead atoms. The number of ketones is 1.